The highest BCUT2D eigenvalue weighted by atomic mass is 19.1. The first kappa shape index (κ1) is 14.4. The Bertz CT molecular complexity index is 413. The number of nitrogens with zero attached hydrogens (tertiary/aromatic N) is 1. The minimum atomic E-state index is -0.382. The van der Waals surface area contributed by atoms with Crippen LogP contribution >= 0.6 is 0 Å². The molecule has 1 aliphatic rings. The molecule has 0 radical (unpaired) electrons. The molecule has 1 N–H and O–H groups in total. The van der Waals surface area contributed by atoms with Crippen LogP contribution in [0.15, 0.2) is 18.2 Å². The van der Waals surface area contributed by atoms with E-state index in [1.807, 2.05) is 0 Å². The van der Waals surface area contributed by atoms with E-state index < -0.39 is 0 Å². The highest BCUT2D eigenvalue weighted by Crippen LogP contribution is 2.15. The fraction of sp³-hybridized carbons (Fsp3) is 0.600. The van der Waals surface area contributed by atoms with Crippen LogP contribution in [0.3, 0.4) is 0 Å². The van der Waals surface area contributed by atoms with Gasteiger partial charge in [0.05, 0.1) is 0 Å². The van der Waals surface area contributed by atoms with Crippen molar-refractivity contribution < 1.29 is 8.78 Å². The molecular formula is C15H22F2N2. The molecule has 2 rings (SSSR count). The van der Waals surface area contributed by atoms with E-state index in [2.05, 4.69) is 24.1 Å². The van der Waals surface area contributed by atoms with Crippen LogP contribution in [-0.4, -0.2) is 30.1 Å². The molecule has 0 atom stereocenters. The third kappa shape index (κ3) is 3.98. The minimum absolute atomic E-state index is 0.339. The molecule has 0 spiro atoms. The van der Waals surface area contributed by atoms with Gasteiger partial charge in [0.25, 0.3) is 0 Å². The van der Waals surface area contributed by atoms with E-state index in [0.717, 1.165) is 32.0 Å². The molecule has 0 aliphatic carbocycles. The van der Waals surface area contributed by atoms with Gasteiger partial charge in [0.15, 0.2) is 0 Å². The Morgan fingerprint density at radius 2 is 1.95 bits per heavy atom. The Kier molecular flexibility index (Phi) is 4.88. The second-order valence-corrected chi connectivity index (χ2v) is 5.52. The Morgan fingerprint density at radius 3 is 2.58 bits per heavy atom. The number of hydrogen-bond acceptors (Lipinski definition) is 2. The summed E-state index contributed by atoms with van der Waals surface area (Å²) in [6.45, 7) is 6.95. The van der Waals surface area contributed by atoms with Crippen LogP contribution in [0.1, 0.15) is 32.3 Å². The summed E-state index contributed by atoms with van der Waals surface area (Å²) in [5.41, 5.74) is 0.409. The standard InChI is InChI=1S/C15H22F2N2/c1-11(2)19-7-5-14(6-8-19)18-10-12-9-13(16)3-4-15(12)17/h3-4,9,11,14,18H,5-8,10H2,1-2H3. The van der Waals surface area contributed by atoms with Crippen molar-refractivity contribution in [1.29, 1.82) is 0 Å². The number of hydrogen-bond donors (Lipinski definition) is 1. The third-order valence-electron chi connectivity index (χ3n) is 3.85. The predicted octanol–water partition coefficient (Wildman–Crippen LogP) is 2.93. The van der Waals surface area contributed by atoms with E-state index >= 15 is 0 Å². The van der Waals surface area contributed by atoms with Gasteiger partial charge in [0.1, 0.15) is 11.6 Å². The number of piperidine rings is 1. The second-order valence-electron chi connectivity index (χ2n) is 5.52. The Labute approximate surface area is 113 Å². The maximum absolute atomic E-state index is 13.5. The van der Waals surface area contributed by atoms with Gasteiger partial charge in [0.2, 0.25) is 0 Å². The fourth-order valence-electron chi connectivity index (χ4n) is 2.55. The summed E-state index contributed by atoms with van der Waals surface area (Å²) in [6, 6.07) is 4.60. The molecule has 1 saturated heterocycles. The van der Waals surface area contributed by atoms with Gasteiger partial charge in [-0.1, -0.05) is 0 Å². The smallest absolute Gasteiger partial charge is 0.127 e. The summed E-state index contributed by atoms with van der Waals surface area (Å²) in [5.74, 6) is -0.721. The van der Waals surface area contributed by atoms with E-state index in [0.29, 0.717) is 24.2 Å². The molecule has 1 aliphatic heterocycles. The van der Waals surface area contributed by atoms with Crippen LogP contribution in [0.5, 0.6) is 0 Å². The lowest BCUT2D eigenvalue weighted by atomic mass is 10.0. The third-order valence-corrected chi connectivity index (χ3v) is 3.85. The van der Waals surface area contributed by atoms with Crippen molar-refractivity contribution in [2.75, 3.05) is 13.1 Å². The fourth-order valence-corrected chi connectivity index (χ4v) is 2.55. The average molecular weight is 268 g/mol. The molecule has 1 heterocycles. The largest absolute Gasteiger partial charge is 0.310 e. The van der Waals surface area contributed by atoms with Gasteiger partial charge in [-0.05, 0) is 58.0 Å². The maximum Gasteiger partial charge on any atom is 0.127 e. The topological polar surface area (TPSA) is 15.3 Å². The first-order valence-corrected chi connectivity index (χ1v) is 6.97. The molecule has 0 bridgehead atoms. The molecule has 19 heavy (non-hydrogen) atoms. The lowest BCUT2D eigenvalue weighted by molar-refractivity contribution is 0.160. The van der Waals surface area contributed by atoms with Crippen molar-refractivity contribution in [1.82, 2.24) is 10.2 Å². The van der Waals surface area contributed by atoms with E-state index in [1.165, 1.54) is 12.1 Å². The van der Waals surface area contributed by atoms with Crippen LogP contribution < -0.4 is 5.32 Å². The molecule has 0 saturated carbocycles. The van der Waals surface area contributed by atoms with Crippen molar-refractivity contribution in [3.63, 3.8) is 0 Å². The molecular weight excluding hydrogens is 246 g/mol. The summed E-state index contributed by atoms with van der Waals surface area (Å²) < 4.78 is 26.5. The van der Waals surface area contributed by atoms with Crippen LogP contribution in [0.2, 0.25) is 0 Å². The van der Waals surface area contributed by atoms with Crippen LogP contribution in [0.25, 0.3) is 0 Å². The van der Waals surface area contributed by atoms with Gasteiger partial charge in [-0.15, -0.1) is 0 Å². The number of rotatable bonds is 4. The quantitative estimate of drug-likeness (QED) is 0.903. The first-order valence-electron chi connectivity index (χ1n) is 6.97. The number of benzene rings is 1. The Hall–Kier alpha value is -1.00. The molecule has 4 heteroatoms. The van der Waals surface area contributed by atoms with Crippen molar-refractivity contribution in [2.24, 2.45) is 0 Å². The number of halogens is 2. The molecule has 2 nitrogen and oxygen atoms in total. The molecule has 1 fully saturated rings. The predicted molar refractivity (Wildman–Crippen MR) is 72.9 cm³/mol. The second kappa shape index (κ2) is 6.44. The van der Waals surface area contributed by atoms with E-state index in [-0.39, 0.29) is 11.6 Å². The van der Waals surface area contributed by atoms with Gasteiger partial charge in [-0.25, -0.2) is 8.78 Å². The zero-order valence-corrected chi connectivity index (χ0v) is 11.6. The first-order chi connectivity index (χ1) is 9.06. The molecule has 106 valence electrons. The monoisotopic (exact) mass is 268 g/mol. The summed E-state index contributed by atoms with van der Waals surface area (Å²) in [7, 11) is 0. The van der Waals surface area contributed by atoms with Gasteiger partial charge in [-0.2, -0.15) is 0 Å². The van der Waals surface area contributed by atoms with Gasteiger partial charge >= 0.3 is 0 Å². The van der Waals surface area contributed by atoms with E-state index in [4.69, 9.17) is 0 Å². The normalized spacial score (nSPS) is 18.2. The van der Waals surface area contributed by atoms with Crippen LogP contribution in [-0.2, 0) is 6.54 Å². The number of likely N-dealkylation sites (tertiary alicyclic amines) is 1. The Balaban J connectivity index is 1.82. The van der Waals surface area contributed by atoms with Gasteiger partial charge in [-0.3, -0.25) is 0 Å². The average Bonchev–Trinajstić information content (AvgIpc) is 2.40. The van der Waals surface area contributed by atoms with Crippen molar-refractivity contribution in [3.05, 3.63) is 35.4 Å². The molecule has 0 aromatic heterocycles. The summed E-state index contributed by atoms with van der Waals surface area (Å²) in [5, 5.41) is 3.33. The van der Waals surface area contributed by atoms with Crippen molar-refractivity contribution in [3.8, 4) is 0 Å². The summed E-state index contributed by atoms with van der Waals surface area (Å²) >= 11 is 0. The molecule has 0 unspecified atom stereocenters. The van der Waals surface area contributed by atoms with Crippen LogP contribution in [0, 0.1) is 11.6 Å². The molecule has 0 amide bonds. The SMILES string of the molecule is CC(C)N1CCC(NCc2cc(F)ccc2F)CC1. The molecule has 1 aromatic rings. The minimum Gasteiger partial charge on any atom is -0.310 e. The zero-order chi connectivity index (χ0) is 13.8. The highest BCUT2D eigenvalue weighted by Gasteiger charge is 2.20. The molecule has 1 aromatic carbocycles. The lowest BCUT2D eigenvalue weighted by Gasteiger charge is -2.35. The van der Waals surface area contributed by atoms with Gasteiger partial charge in [0, 0.05) is 24.2 Å². The van der Waals surface area contributed by atoms with Crippen molar-refractivity contribution >= 4 is 0 Å². The number of nitrogens with one attached hydrogen (secondary N) is 1. The zero-order valence-electron chi connectivity index (χ0n) is 11.6. The lowest BCUT2D eigenvalue weighted by Crippen LogP contribution is -2.44. The van der Waals surface area contributed by atoms with E-state index in [1.54, 1.807) is 0 Å². The van der Waals surface area contributed by atoms with Crippen molar-refractivity contribution in [2.45, 2.75) is 45.3 Å². The summed E-state index contributed by atoms with van der Waals surface area (Å²) in [6.07, 6.45) is 2.13. The summed E-state index contributed by atoms with van der Waals surface area (Å²) in [4.78, 5) is 2.45. The maximum atomic E-state index is 13.5. The van der Waals surface area contributed by atoms with Crippen LogP contribution in [0.4, 0.5) is 8.78 Å². The Morgan fingerprint density at radius 1 is 1.26 bits per heavy atom. The highest BCUT2D eigenvalue weighted by molar-refractivity contribution is 5.18. The van der Waals surface area contributed by atoms with E-state index in [9.17, 15) is 8.78 Å². The van der Waals surface area contributed by atoms with Gasteiger partial charge < -0.3 is 10.2 Å².